The molecule has 3 fully saturated rings. The molecular formula is C36H37F6N7O4S. The van der Waals surface area contributed by atoms with Crippen LogP contribution in [0.15, 0.2) is 18.2 Å². The number of amides is 1. The van der Waals surface area contributed by atoms with E-state index in [0.717, 1.165) is 24.6 Å². The first kappa shape index (κ1) is 37.7. The third kappa shape index (κ3) is 6.19. The van der Waals surface area contributed by atoms with Crippen molar-refractivity contribution in [3.8, 4) is 23.2 Å². The van der Waals surface area contributed by atoms with Crippen LogP contribution in [0.3, 0.4) is 0 Å². The van der Waals surface area contributed by atoms with Gasteiger partial charge in [-0.3, -0.25) is 4.90 Å². The van der Waals surface area contributed by atoms with Gasteiger partial charge in [0.2, 0.25) is 0 Å². The number of hydrogen-bond acceptors (Lipinski definition) is 11. The summed E-state index contributed by atoms with van der Waals surface area (Å²) in [6.45, 7) is 3.01. The normalized spacial score (nSPS) is 23.0. The standard InChI is InChI=1S/C36H37F6N7O4S/c1-4-48(24-8-11-49(34(50)52-3)25(24)16-51-2)32-20-12-22(36(40,41)42)27(19-6-7-23(38)30-26(19)21(14-43)31(44)54-30)28(39)29(20)45-33(46-32)53-17-35-9-5-10-47(35)15-18(37)13-35/h6-7,12,18,24-25H,4-5,8-11,13,15-17,44H2,1-3H3. The molecule has 5 heterocycles. The van der Waals surface area contributed by atoms with Crippen molar-refractivity contribution in [3.05, 3.63) is 41.0 Å². The number of likely N-dealkylation sites (tertiary alicyclic amines) is 1. The molecule has 0 radical (unpaired) electrons. The summed E-state index contributed by atoms with van der Waals surface area (Å²) in [6, 6.07) is 2.89. The molecule has 4 aromatic rings. The van der Waals surface area contributed by atoms with Gasteiger partial charge in [0.05, 0.1) is 47.2 Å². The highest BCUT2D eigenvalue weighted by Gasteiger charge is 2.50. The summed E-state index contributed by atoms with van der Waals surface area (Å²) in [4.78, 5) is 26.8. The molecule has 2 aromatic heterocycles. The number of thiophene rings is 1. The van der Waals surface area contributed by atoms with E-state index in [1.807, 2.05) is 11.0 Å². The summed E-state index contributed by atoms with van der Waals surface area (Å²) in [6.07, 6.45) is -4.87. The van der Waals surface area contributed by atoms with Crippen molar-refractivity contribution in [2.24, 2.45) is 0 Å². The summed E-state index contributed by atoms with van der Waals surface area (Å²) < 4.78 is 109. The highest BCUT2D eigenvalue weighted by Crippen LogP contribution is 2.49. The van der Waals surface area contributed by atoms with Gasteiger partial charge in [0, 0.05) is 49.5 Å². The highest BCUT2D eigenvalue weighted by atomic mass is 32.1. The van der Waals surface area contributed by atoms with Gasteiger partial charge in [0.25, 0.3) is 0 Å². The van der Waals surface area contributed by atoms with E-state index in [1.165, 1.54) is 19.1 Å². The Morgan fingerprint density at radius 2 is 2.00 bits per heavy atom. The molecule has 3 aliphatic heterocycles. The number of halogens is 6. The molecule has 2 aromatic carbocycles. The number of nitrogens with zero attached hydrogens (tertiary/aromatic N) is 6. The van der Waals surface area contributed by atoms with Crippen LogP contribution in [0.4, 0.5) is 42.0 Å². The average Bonchev–Trinajstić information content (AvgIpc) is 3.89. The van der Waals surface area contributed by atoms with Crippen LogP contribution in [-0.2, 0) is 15.7 Å². The lowest BCUT2D eigenvalue weighted by atomic mass is 9.92. The van der Waals surface area contributed by atoms with Crippen LogP contribution in [0.25, 0.3) is 32.1 Å². The summed E-state index contributed by atoms with van der Waals surface area (Å²) in [5, 5.41) is 9.18. The third-order valence-electron chi connectivity index (χ3n) is 10.9. The molecule has 1 amide bonds. The zero-order valence-electron chi connectivity index (χ0n) is 29.6. The Balaban J connectivity index is 1.47. The number of likely N-dealkylation sites (N-methyl/N-ethyl adjacent to an activating group) is 1. The Morgan fingerprint density at radius 1 is 1.22 bits per heavy atom. The number of anilines is 2. The molecule has 288 valence electrons. The average molecular weight is 778 g/mol. The predicted molar refractivity (Wildman–Crippen MR) is 189 cm³/mol. The predicted octanol–water partition coefficient (Wildman–Crippen LogP) is 6.90. The fourth-order valence-electron chi connectivity index (χ4n) is 8.58. The number of carbonyl (C=O) groups is 1. The molecule has 0 saturated carbocycles. The second-order valence-electron chi connectivity index (χ2n) is 13.8. The summed E-state index contributed by atoms with van der Waals surface area (Å²) in [5.41, 5.74) is 1.73. The summed E-state index contributed by atoms with van der Waals surface area (Å²) in [7, 11) is 2.68. The number of aromatic nitrogens is 2. The van der Waals surface area contributed by atoms with Gasteiger partial charge < -0.3 is 29.7 Å². The zero-order chi connectivity index (χ0) is 38.7. The SMILES string of the molecule is CCN(c1nc(OCC23CCCN2CC(F)C3)nc2c(F)c(-c3ccc(F)c4sc(N)c(C#N)c34)c(C(F)(F)F)cc12)C1CCN(C(=O)OC)C1COC. The molecular weight excluding hydrogens is 740 g/mol. The summed E-state index contributed by atoms with van der Waals surface area (Å²) in [5.74, 6) is -2.34. The van der Waals surface area contributed by atoms with Crippen molar-refractivity contribution in [2.75, 3.05) is 64.2 Å². The van der Waals surface area contributed by atoms with Gasteiger partial charge in [-0.25, -0.2) is 18.0 Å². The number of nitrogens with two attached hydrogens (primary N) is 1. The monoisotopic (exact) mass is 777 g/mol. The maximum Gasteiger partial charge on any atom is 0.417 e. The maximum absolute atomic E-state index is 17.3. The number of alkyl halides is 4. The van der Waals surface area contributed by atoms with Crippen LogP contribution in [0, 0.1) is 23.0 Å². The van der Waals surface area contributed by atoms with Crippen LogP contribution < -0.4 is 15.4 Å². The molecule has 4 atom stereocenters. The van der Waals surface area contributed by atoms with Crippen LogP contribution in [0.5, 0.6) is 6.01 Å². The van der Waals surface area contributed by atoms with Crippen molar-refractivity contribution >= 4 is 49.2 Å². The molecule has 54 heavy (non-hydrogen) atoms. The number of rotatable bonds is 9. The lowest BCUT2D eigenvalue weighted by Crippen LogP contribution is -2.49. The molecule has 3 aliphatic rings. The van der Waals surface area contributed by atoms with E-state index in [0.29, 0.717) is 30.7 Å². The number of nitrogen functional groups attached to an aromatic ring is 1. The first-order chi connectivity index (χ1) is 25.8. The quantitative estimate of drug-likeness (QED) is 0.179. The molecule has 0 aliphatic carbocycles. The number of ether oxygens (including phenoxy) is 3. The minimum Gasteiger partial charge on any atom is -0.461 e. The number of hydrogen-bond donors (Lipinski definition) is 1. The summed E-state index contributed by atoms with van der Waals surface area (Å²) >= 11 is 0.668. The number of carbonyl (C=O) groups excluding carboxylic acids is 1. The number of nitriles is 1. The Labute approximate surface area is 310 Å². The highest BCUT2D eigenvalue weighted by molar-refractivity contribution is 7.23. The smallest absolute Gasteiger partial charge is 0.417 e. The first-order valence-corrected chi connectivity index (χ1v) is 18.2. The van der Waals surface area contributed by atoms with Crippen molar-refractivity contribution in [1.29, 1.82) is 5.26 Å². The zero-order valence-corrected chi connectivity index (χ0v) is 30.4. The first-order valence-electron chi connectivity index (χ1n) is 17.4. The fraction of sp³-hybridized carbons (Fsp3) is 0.500. The van der Waals surface area contributed by atoms with Crippen molar-refractivity contribution in [2.45, 2.75) is 62.6 Å². The van der Waals surface area contributed by atoms with Crippen molar-refractivity contribution < 1.29 is 45.3 Å². The van der Waals surface area contributed by atoms with E-state index < -0.39 is 69.9 Å². The van der Waals surface area contributed by atoms with Crippen LogP contribution in [0.2, 0.25) is 0 Å². The topological polar surface area (TPSA) is 130 Å². The number of fused-ring (bicyclic) bond motifs is 3. The number of methoxy groups -OCH3 is 2. The molecule has 18 heteroatoms. The van der Waals surface area contributed by atoms with Crippen molar-refractivity contribution in [1.82, 2.24) is 19.8 Å². The molecule has 3 saturated heterocycles. The lowest BCUT2D eigenvalue weighted by molar-refractivity contribution is -0.137. The second kappa shape index (κ2) is 14.2. The van der Waals surface area contributed by atoms with E-state index in [1.54, 1.807) is 11.8 Å². The minimum absolute atomic E-state index is 0.0449. The number of benzene rings is 2. The minimum atomic E-state index is -5.16. The molecule has 7 rings (SSSR count). The van der Waals surface area contributed by atoms with Gasteiger partial charge in [0.1, 0.15) is 41.0 Å². The Hall–Kier alpha value is -4.60. The molecule has 4 unspecified atom stereocenters. The molecule has 2 N–H and O–H groups in total. The third-order valence-corrected chi connectivity index (χ3v) is 11.9. The van der Waals surface area contributed by atoms with Crippen LogP contribution in [-0.4, -0.2) is 103 Å². The Morgan fingerprint density at radius 3 is 2.69 bits per heavy atom. The van der Waals surface area contributed by atoms with Gasteiger partial charge in [-0.15, -0.1) is 11.3 Å². The van der Waals surface area contributed by atoms with Crippen LogP contribution >= 0.6 is 11.3 Å². The van der Waals surface area contributed by atoms with E-state index in [2.05, 4.69) is 9.97 Å². The van der Waals surface area contributed by atoms with Crippen LogP contribution in [0.1, 0.15) is 43.7 Å². The van der Waals surface area contributed by atoms with Gasteiger partial charge in [-0.1, -0.05) is 6.07 Å². The fourth-order valence-corrected chi connectivity index (χ4v) is 9.52. The molecule has 11 nitrogen and oxygen atoms in total. The van der Waals surface area contributed by atoms with E-state index in [9.17, 15) is 14.4 Å². The van der Waals surface area contributed by atoms with Crippen molar-refractivity contribution in [3.63, 3.8) is 0 Å². The Bertz CT molecular complexity index is 2160. The van der Waals surface area contributed by atoms with E-state index >= 15 is 22.0 Å². The Kier molecular flexibility index (Phi) is 9.94. The van der Waals surface area contributed by atoms with Gasteiger partial charge in [-0.2, -0.15) is 28.4 Å². The van der Waals surface area contributed by atoms with E-state index in [-0.39, 0.29) is 77.1 Å². The largest absolute Gasteiger partial charge is 0.461 e. The second-order valence-corrected chi connectivity index (χ2v) is 14.8. The van der Waals surface area contributed by atoms with Gasteiger partial charge in [0.15, 0.2) is 5.82 Å². The maximum atomic E-state index is 17.3. The van der Waals surface area contributed by atoms with E-state index in [4.69, 9.17) is 19.9 Å². The molecule has 0 bridgehead atoms. The molecule has 0 spiro atoms. The van der Waals surface area contributed by atoms with Gasteiger partial charge >= 0.3 is 18.3 Å². The lowest BCUT2D eigenvalue weighted by Gasteiger charge is -2.35. The van der Waals surface area contributed by atoms with Gasteiger partial charge in [-0.05, 0) is 50.4 Å².